The summed E-state index contributed by atoms with van der Waals surface area (Å²) in [5.74, 6) is -2.73. The van der Waals surface area contributed by atoms with Gasteiger partial charge in [-0.2, -0.15) is 0 Å². The molecule has 14 heteroatoms. The fraction of sp³-hybridized carbons (Fsp3) is 0.255. The second-order valence-corrected chi connectivity index (χ2v) is 15.1. The van der Waals surface area contributed by atoms with Gasteiger partial charge in [-0.05, 0) is 52.6 Å². The molecule has 310 valence electrons. The Morgan fingerprint density at radius 2 is 1.52 bits per heavy atom. The molecule has 61 heavy (non-hydrogen) atoms. The van der Waals surface area contributed by atoms with E-state index in [1.807, 2.05) is 95.9 Å². The van der Waals surface area contributed by atoms with Crippen molar-refractivity contribution >= 4 is 40.6 Å². The van der Waals surface area contributed by atoms with Gasteiger partial charge in [0.25, 0.3) is 0 Å². The highest BCUT2D eigenvalue weighted by Gasteiger charge is 2.75. The number of imide groups is 1. The van der Waals surface area contributed by atoms with E-state index >= 15 is 14.4 Å². The molecular formula is C47H43N5O9. The average Bonchev–Trinajstić information content (AvgIpc) is 3.94. The van der Waals surface area contributed by atoms with E-state index in [4.69, 9.17) is 18.9 Å². The van der Waals surface area contributed by atoms with E-state index in [2.05, 4.69) is 15.3 Å². The molecule has 6 aromatic rings. The van der Waals surface area contributed by atoms with Gasteiger partial charge in [0.1, 0.15) is 42.3 Å². The molecule has 0 bridgehead atoms. The summed E-state index contributed by atoms with van der Waals surface area (Å²) >= 11 is 0. The number of aliphatic hydroxyl groups is 1. The predicted molar refractivity (Wildman–Crippen MR) is 222 cm³/mol. The number of aromatic nitrogens is 2. The predicted octanol–water partition coefficient (Wildman–Crippen LogP) is 5.70. The van der Waals surface area contributed by atoms with Crippen molar-refractivity contribution in [2.75, 3.05) is 38.4 Å². The van der Waals surface area contributed by atoms with Gasteiger partial charge < -0.3 is 34.4 Å². The van der Waals surface area contributed by atoms with E-state index in [-0.39, 0.29) is 38.7 Å². The van der Waals surface area contributed by atoms with Crippen LogP contribution in [0.1, 0.15) is 46.3 Å². The fourth-order valence-corrected chi connectivity index (χ4v) is 9.43. The van der Waals surface area contributed by atoms with Crippen LogP contribution in [0.15, 0.2) is 133 Å². The van der Waals surface area contributed by atoms with Gasteiger partial charge in [0.2, 0.25) is 11.8 Å². The number of anilines is 1. The number of para-hydroxylation sites is 3. The summed E-state index contributed by atoms with van der Waals surface area (Å²) in [7, 11) is 1.47. The molecule has 3 aliphatic heterocycles. The number of nitrogens with zero attached hydrogens (tertiary/aromatic N) is 3. The number of fused-ring (bicyclic) bond motifs is 4. The first-order valence-corrected chi connectivity index (χ1v) is 20.1. The summed E-state index contributed by atoms with van der Waals surface area (Å²) in [4.78, 5) is 71.6. The molecule has 2 fully saturated rings. The number of aromatic amines is 1. The largest absolute Gasteiger partial charge is 0.491 e. The number of morpholine rings is 1. The lowest BCUT2D eigenvalue weighted by Crippen LogP contribution is -2.55. The molecule has 14 nitrogen and oxygen atoms in total. The number of nitrogens with one attached hydrogen (secondary N) is 2. The zero-order valence-corrected chi connectivity index (χ0v) is 33.2. The van der Waals surface area contributed by atoms with Crippen LogP contribution in [0, 0.1) is 5.92 Å². The van der Waals surface area contributed by atoms with Gasteiger partial charge in [-0.3, -0.25) is 19.3 Å². The van der Waals surface area contributed by atoms with Crippen molar-refractivity contribution in [3.63, 3.8) is 0 Å². The first-order valence-electron chi connectivity index (χ1n) is 20.1. The summed E-state index contributed by atoms with van der Waals surface area (Å²) < 4.78 is 23.2. The van der Waals surface area contributed by atoms with E-state index < -0.39 is 59.4 Å². The number of ether oxygens (including phenoxy) is 4. The summed E-state index contributed by atoms with van der Waals surface area (Å²) in [6, 6.07) is 37.0. The maximum absolute atomic E-state index is 16.0. The third kappa shape index (κ3) is 6.78. The molecule has 1 aromatic heterocycles. The van der Waals surface area contributed by atoms with Gasteiger partial charge in [0.15, 0.2) is 0 Å². The highest BCUT2D eigenvalue weighted by molar-refractivity contribution is 6.23. The number of methoxy groups -OCH3 is 1. The second-order valence-electron chi connectivity index (χ2n) is 15.1. The van der Waals surface area contributed by atoms with Gasteiger partial charge in [0, 0.05) is 7.11 Å². The number of benzene rings is 5. The number of aliphatic hydroxyl groups excluding tert-OH is 1. The SMILES string of the molecule is COCCOC(=O)N1C(=O)C2(c3ccccc31)C(C(=O)NCc1nc3ccccc3[nH]1)C1C(=O)OC(c3ccccc3)C(c3ccccc3)N1C2c1cccc(OCCO)c1. The Balaban J connectivity index is 1.29. The molecule has 3 amide bonds. The number of cyclic esters (lactones) is 1. The fourth-order valence-electron chi connectivity index (χ4n) is 9.43. The van der Waals surface area contributed by atoms with Crippen molar-refractivity contribution in [1.29, 1.82) is 0 Å². The first kappa shape index (κ1) is 39.6. The van der Waals surface area contributed by atoms with Gasteiger partial charge >= 0.3 is 12.1 Å². The molecule has 0 radical (unpaired) electrons. The summed E-state index contributed by atoms with van der Waals surface area (Å²) in [5.41, 5.74) is 2.08. The van der Waals surface area contributed by atoms with Crippen LogP contribution in [0.3, 0.4) is 0 Å². The lowest BCUT2D eigenvalue weighted by Gasteiger charge is -2.46. The lowest BCUT2D eigenvalue weighted by molar-refractivity contribution is -0.178. The molecule has 0 aliphatic carbocycles. The Morgan fingerprint density at radius 3 is 2.28 bits per heavy atom. The average molecular weight is 822 g/mol. The van der Waals surface area contributed by atoms with E-state index in [9.17, 15) is 9.90 Å². The Labute approximate surface area is 351 Å². The van der Waals surface area contributed by atoms with E-state index in [0.29, 0.717) is 33.8 Å². The minimum Gasteiger partial charge on any atom is -0.491 e. The van der Waals surface area contributed by atoms with Crippen LogP contribution < -0.4 is 15.0 Å². The van der Waals surface area contributed by atoms with Crippen molar-refractivity contribution < 1.29 is 43.2 Å². The minimum atomic E-state index is -1.95. The summed E-state index contributed by atoms with van der Waals surface area (Å²) in [5, 5.41) is 12.7. The molecule has 0 saturated carbocycles. The zero-order chi connectivity index (χ0) is 42.1. The molecule has 3 N–H and O–H groups in total. The van der Waals surface area contributed by atoms with Crippen molar-refractivity contribution in [2.24, 2.45) is 5.92 Å². The molecule has 9 rings (SSSR count). The number of hydrogen-bond donors (Lipinski definition) is 3. The Kier molecular flexibility index (Phi) is 10.8. The quantitative estimate of drug-likeness (QED) is 0.102. The summed E-state index contributed by atoms with van der Waals surface area (Å²) in [6.07, 6.45) is -1.85. The molecule has 3 aliphatic rings. The number of imidazole rings is 1. The smallest absolute Gasteiger partial charge is 0.421 e. The Hall–Kier alpha value is -6.87. The highest BCUT2D eigenvalue weighted by atomic mass is 16.6. The van der Waals surface area contributed by atoms with E-state index in [1.54, 1.807) is 42.5 Å². The maximum atomic E-state index is 16.0. The zero-order valence-electron chi connectivity index (χ0n) is 33.2. The molecule has 5 aromatic carbocycles. The van der Waals surface area contributed by atoms with Crippen molar-refractivity contribution in [3.05, 3.63) is 162 Å². The van der Waals surface area contributed by atoms with Crippen molar-refractivity contribution in [2.45, 2.75) is 36.2 Å². The maximum Gasteiger partial charge on any atom is 0.421 e. The highest BCUT2D eigenvalue weighted by Crippen LogP contribution is 2.66. The standard InChI is InChI=1S/C47H43N5O9/c1-58-25-26-60-46(57)51-36-22-11-8-19-33(36)47(45(51)56)38(43(54)48-28-37-49-34-20-9-10-21-35(34)50-37)40-44(55)61-41(30-15-6-3-7-16-30)39(29-13-4-2-5-14-29)52(40)42(47)31-17-12-18-32(27-31)59-24-23-53/h2-22,27,38-42,53H,23-26,28H2,1H3,(H,48,54)(H,49,50). The molecule has 1 spiro atoms. The van der Waals surface area contributed by atoms with Crippen LogP contribution in [0.2, 0.25) is 0 Å². The van der Waals surface area contributed by atoms with Crippen LogP contribution in [0.25, 0.3) is 11.0 Å². The second kappa shape index (κ2) is 16.6. The number of H-pyrrole nitrogens is 1. The Bertz CT molecular complexity index is 2550. The third-order valence-corrected chi connectivity index (χ3v) is 11.7. The number of carbonyl (C=O) groups is 4. The van der Waals surface area contributed by atoms with Gasteiger partial charge in [0.05, 0.1) is 54.5 Å². The molecule has 4 heterocycles. The number of esters is 1. The van der Waals surface area contributed by atoms with Crippen molar-refractivity contribution in [3.8, 4) is 5.75 Å². The van der Waals surface area contributed by atoms with Crippen LogP contribution in [0.5, 0.6) is 5.75 Å². The molecule has 6 unspecified atom stereocenters. The first-order chi connectivity index (χ1) is 29.9. The molecular weight excluding hydrogens is 779 g/mol. The number of carbonyl (C=O) groups excluding carboxylic acids is 4. The molecule has 6 atom stereocenters. The number of rotatable bonds is 12. The Morgan fingerprint density at radius 1 is 0.820 bits per heavy atom. The summed E-state index contributed by atoms with van der Waals surface area (Å²) in [6.45, 7) is -0.371. The number of amides is 3. The third-order valence-electron chi connectivity index (χ3n) is 11.7. The minimum absolute atomic E-state index is 0.00364. The van der Waals surface area contributed by atoms with Crippen LogP contribution in [-0.2, 0) is 40.6 Å². The van der Waals surface area contributed by atoms with Crippen molar-refractivity contribution in [1.82, 2.24) is 20.2 Å². The van der Waals surface area contributed by atoms with E-state index in [0.717, 1.165) is 16.0 Å². The topological polar surface area (TPSA) is 173 Å². The normalized spacial score (nSPS) is 23.1. The van der Waals surface area contributed by atoms with Gasteiger partial charge in [-0.15, -0.1) is 0 Å². The van der Waals surface area contributed by atoms with Crippen LogP contribution in [-0.4, -0.2) is 83.4 Å². The van der Waals surface area contributed by atoms with E-state index in [1.165, 1.54) is 7.11 Å². The van der Waals surface area contributed by atoms with Gasteiger partial charge in [-0.1, -0.05) is 103 Å². The number of hydrogen-bond acceptors (Lipinski definition) is 11. The van der Waals surface area contributed by atoms with Gasteiger partial charge in [-0.25, -0.2) is 14.7 Å². The molecule has 2 saturated heterocycles. The lowest BCUT2D eigenvalue weighted by atomic mass is 9.65. The van der Waals surface area contributed by atoms with Crippen LogP contribution in [0.4, 0.5) is 10.5 Å². The monoisotopic (exact) mass is 821 g/mol. The van der Waals surface area contributed by atoms with Crippen LogP contribution >= 0.6 is 0 Å².